The van der Waals surface area contributed by atoms with Gasteiger partial charge in [-0.2, -0.15) is 0 Å². The fourth-order valence-electron chi connectivity index (χ4n) is 5.08. The molecular formula is C32H35FO5. The molecule has 0 heterocycles. The minimum Gasteiger partial charge on any atom is -0.497 e. The molecule has 0 bridgehead atoms. The maximum Gasteiger partial charge on any atom is 0.306 e. The third kappa shape index (κ3) is 5.46. The number of rotatable bonds is 10. The van der Waals surface area contributed by atoms with Gasteiger partial charge in [0.1, 0.15) is 23.9 Å². The van der Waals surface area contributed by atoms with Gasteiger partial charge in [-0.3, -0.25) is 4.79 Å². The topological polar surface area (TPSA) is 76.0 Å². The average molecular weight is 519 g/mol. The van der Waals surface area contributed by atoms with Gasteiger partial charge in [0.15, 0.2) is 0 Å². The van der Waals surface area contributed by atoms with Crippen molar-refractivity contribution < 1.29 is 28.9 Å². The van der Waals surface area contributed by atoms with E-state index >= 15 is 0 Å². The van der Waals surface area contributed by atoms with Gasteiger partial charge in [-0.05, 0) is 83.0 Å². The number of hydrogen-bond acceptors (Lipinski definition) is 4. The molecule has 0 saturated carbocycles. The maximum absolute atomic E-state index is 14.9. The van der Waals surface area contributed by atoms with E-state index < -0.39 is 29.2 Å². The first-order chi connectivity index (χ1) is 18.1. The number of carboxylic acid groups (broad SMARTS) is 1. The van der Waals surface area contributed by atoms with Crippen LogP contribution in [0.25, 0.3) is 11.1 Å². The number of hydrogen-bond donors (Lipinski definition) is 2. The average Bonchev–Trinajstić information content (AvgIpc) is 3.34. The van der Waals surface area contributed by atoms with E-state index in [1.54, 1.807) is 31.2 Å². The quantitative estimate of drug-likeness (QED) is 0.281. The van der Waals surface area contributed by atoms with Crippen LogP contribution in [0, 0.1) is 17.2 Å². The second-order valence-corrected chi connectivity index (χ2v) is 10.6. The lowest BCUT2D eigenvalue weighted by Crippen LogP contribution is -2.20. The summed E-state index contributed by atoms with van der Waals surface area (Å²) >= 11 is 0. The molecule has 4 rings (SSSR count). The molecule has 3 atom stereocenters. The van der Waals surface area contributed by atoms with Crippen molar-refractivity contribution >= 4 is 5.97 Å². The molecule has 0 radical (unpaired) electrons. The largest absolute Gasteiger partial charge is 0.497 e. The smallest absolute Gasteiger partial charge is 0.306 e. The predicted octanol–water partition coefficient (Wildman–Crippen LogP) is 7.08. The molecule has 3 aromatic rings. The van der Waals surface area contributed by atoms with Crippen LogP contribution >= 0.6 is 0 Å². The number of aliphatic hydroxyl groups excluding tert-OH is 1. The molecule has 1 aliphatic carbocycles. The Labute approximate surface area is 223 Å². The van der Waals surface area contributed by atoms with Crippen molar-refractivity contribution in [3.63, 3.8) is 0 Å². The first-order valence-corrected chi connectivity index (χ1v) is 12.8. The number of benzene rings is 3. The van der Waals surface area contributed by atoms with Crippen LogP contribution in [0.3, 0.4) is 0 Å². The lowest BCUT2D eigenvalue weighted by molar-refractivity contribution is -0.141. The second kappa shape index (κ2) is 11.0. The van der Waals surface area contributed by atoms with Gasteiger partial charge in [0.05, 0.1) is 19.1 Å². The molecule has 1 aliphatic rings. The second-order valence-electron chi connectivity index (χ2n) is 10.6. The summed E-state index contributed by atoms with van der Waals surface area (Å²) < 4.78 is 26.3. The van der Waals surface area contributed by atoms with Gasteiger partial charge in [0, 0.05) is 11.0 Å². The van der Waals surface area contributed by atoms with Crippen LogP contribution in [0.5, 0.6) is 11.5 Å². The zero-order valence-electron chi connectivity index (χ0n) is 22.3. The molecule has 0 fully saturated rings. The monoisotopic (exact) mass is 518 g/mol. The normalized spacial score (nSPS) is 16.4. The Morgan fingerprint density at radius 3 is 2.55 bits per heavy atom. The van der Waals surface area contributed by atoms with E-state index in [0.717, 1.165) is 29.5 Å². The lowest BCUT2D eigenvalue weighted by Gasteiger charge is -2.29. The van der Waals surface area contributed by atoms with Crippen LogP contribution in [0.2, 0.25) is 0 Å². The minimum absolute atomic E-state index is 0.0361. The summed E-state index contributed by atoms with van der Waals surface area (Å²) in [5.74, 6) is -0.536. The number of ether oxygens (including phenoxy) is 2. The third-order valence-electron chi connectivity index (χ3n) is 7.75. The molecule has 0 aliphatic heterocycles. The lowest BCUT2D eigenvalue weighted by atomic mass is 9.79. The van der Waals surface area contributed by atoms with E-state index in [-0.39, 0.29) is 12.5 Å². The van der Waals surface area contributed by atoms with Gasteiger partial charge in [-0.15, -0.1) is 6.58 Å². The molecular weight excluding hydrogens is 483 g/mol. The van der Waals surface area contributed by atoms with Gasteiger partial charge < -0.3 is 19.7 Å². The van der Waals surface area contributed by atoms with Crippen molar-refractivity contribution in [3.8, 4) is 22.6 Å². The highest BCUT2D eigenvalue weighted by Gasteiger charge is 2.32. The van der Waals surface area contributed by atoms with Gasteiger partial charge in [-0.1, -0.05) is 45.0 Å². The van der Waals surface area contributed by atoms with E-state index in [1.807, 2.05) is 44.2 Å². The van der Waals surface area contributed by atoms with Gasteiger partial charge in [0.2, 0.25) is 0 Å². The molecule has 0 saturated heterocycles. The molecule has 2 N–H and O–H groups in total. The van der Waals surface area contributed by atoms with Crippen LogP contribution in [0.1, 0.15) is 61.5 Å². The number of carbonyl (C=O) groups is 1. The molecule has 3 aromatic carbocycles. The summed E-state index contributed by atoms with van der Waals surface area (Å²) in [6.45, 7) is 9.59. The van der Waals surface area contributed by atoms with Crippen molar-refractivity contribution in [2.45, 2.75) is 52.2 Å². The molecule has 0 aromatic heterocycles. The number of carboxylic acids is 1. The Kier molecular flexibility index (Phi) is 7.93. The highest BCUT2D eigenvalue weighted by atomic mass is 19.1. The Balaban J connectivity index is 1.65. The standard InChI is InChI=1S/C32H35FO5/c1-6-32(3,4)30(34)28-15-20(7-12-25(28)27-16-22(37-5)11-14-29(27)33)18-38-23-10-8-21-9-13-24(26(21)17-23)19(2)31(35)36/h6-8,10-12,14-17,19,24,30,34H,1,9,13,18H2,2-5H3,(H,35,36)/t19-,24+,30-/m1/s1. The van der Waals surface area contributed by atoms with E-state index in [0.29, 0.717) is 28.2 Å². The Hall–Kier alpha value is -3.64. The maximum atomic E-state index is 14.9. The number of halogens is 1. The van der Waals surface area contributed by atoms with Crippen molar-refractivity contribution in [1.29, 1.82) is 0 Å². The van der Waals surface area contributed by atoms with Gasteiger partial charge in [0.25, 0.3) is 0 Å². The third-order valence-corrected chi connectivity index (χ3v) is 7.75. The van der Waals surface area contributed by atoms with Crippen molar-refractivity contribution in [1.82, 2.24) is 0 Å². The SMILES string of the molecule is C=CC(C)(C)[C@H](O)c1cc(COc2ccc3c(c2)[C@H]([C@@H](C)C(=O)O)CC3)ccc1-c1cc(OC)ccc1F. The zero-order chi connectivity index (χ0) is 27.6. The van der Waals surface area contributed by atoms with Crippen molar-refractivity contribution in [2.75, 3.05) is 7.11 Å². The highest BCUT2D eigenvalue weighted by molar-refractivity contribution is 5.72. The molecule has 200 valence electrons. The fraction of sp³-hybridized carbons (Fsp3) is 0.344. The summed E-state index contributed by atoms with van der Waals surface area (Å²) in [5.41, 5.74) is 3.80. The molecule has 38 heavy (non-hydrogen) atoms. The summed E-state index contributed by atoms with van der Waals surface area (Å²) in [4.78, 5) is 11.6. The number of aryl methyl sites for hydroxylation is 1. The van der Waals surface area contributed by atoms with Crippen LogP contribution in [-0.4, -0.2) is 23.3 Å². The van der Waals surface area contributed by atoms with Crippen molar-refractivity contribution in [2.24, 2.45) is 11.3 Å². The Bertz CT molecular complexity index is 1350. The van der Waals surface area contributed by atoms with E-state index in [4.69, 9.17) is 9.47 Å². The molecule has 6 heteroatoms. The van der Waals surface area contributed by atoms with Gasteiger partial charge in [-0.25, -0.2) is 4.39 Å². The number of aliphatic carboxylic acids is 1. The van der Waals surface area contributed by atoms with Crippen LogP contribution < -0.4 is 9.47 Å². The first kappa shape index (κ1) is 27.4. The molecule has 5 nitrogen and oxygen atoms in total. The minimum atomic E-state index is -0.946. The Morgan fingerprint density at radius 2 is 1.87 bits per heavy atom. The summed E-state index contributed by atoms with van der Waals surface area (Å²) in [6, 6.07) is 15.9. The fourth-order valence-corrected chi connectivity index (χ4v) is 5.08. The van der Waals surface area contributed by atoms with E-state index in [2.05, 4.69) is 6.58 Å². The molecule has 0 amide bonds. The van der Waals surface area contributed by atoms with Crippen LogP contribution in [0.4, 0.5) is 4.39 Å². The first-order valence-electron chi connectivity index (χ1n) is 12.8. The highest BCUT2D eigenvalue weighted by Crippen LogP contribution is 2.42. The molecule has 0 spiro atoms. The number of fused-ring (bicyclic) bond motifs is 1. The predicted molar refractivity (Wildman–Crippen MR) is 146 cm³/mol. The van der Waals surface area contributed by atoms with E-state index in [1.165, 1.54) is 13.2 Å². The Morgan fingerprint density at radius 1 is 1.13 bits per heavy atom. The zero-order valence-corrected chi connectivity index (χ0v) is 22.3. The summed E-state index contributed by atoms with van der Waals surface area (Å²) in [6.07, 6.45) is 2.42. The van der Waals surface area contributed by atoms with E-state index in [9.17, 15) is 19.4 Å². The summed E-state index contributed by atoms with van der Waals surface area (Å²) in [5, 5.41) is 20.8. The van der Waals surface area contributed by atoms with Crippen LogP contribution in [-0.2, 0) is 17.8 Å². The number of aliphatic hydroxyl groups is 1. The molecule has 0 unspecified atom stereocenters. The summed E-state index contributed by atoms with van der Waals surface area (Å²) in [7, 11) is 1.53. The van der Waals surface area contributed by atoms with Gasteiger partial charge >= 0.3 is 5.97 Å². The number of methoxy groups -OCH3 is 1. The van der Waals surface area contributed by atoms with Crippen LogP contribution in [0.15, 0.2) is 67.3 Å². The van der Waals surface area contributed by atoms with Crippen molar-refractivity contribution in [3.05, 3.63) is 95.3 Å².